The molecule has 0 amide bonds. The highest BCUT2D eigenvalue weighted by Crippen LogP contribution is 2.37. The van der Waals surface area contributed by atoms with E-state index in [9.17, 15) is 0 Å². The number of nitrogens with one attached hydrogen (secondary N) is 3. The number of nitrogen functional groups attached to an aromatic ring is 1. The van der Waals surface area contributed by atoms with Crippen LogP contribution in [0.25, 0.3) is 22.0 Å². The van der Waals surface area contributed by atoms with E-state index in [1.54, 1.807) is 6.20 Å². The highest BCUT2D eigenvalue weighted by atomic mass is 16.5. The van der Waals surface area contributed by atoms with Gasteiger partial charge >= 0.3 is 0 Å². The summed E-state index contributed by atoms with van der Waals surface area (Å²) in [5.74, 6) is 1.16. The first-order valence-corrected chi connectivity index (χ1v) is 10.6. The molecule has 8 heteroatoms. The highest BCUT2D eigenvalue weighted by Gasteiger charge is 2.18. The second-order valence-electron chi connectivity index (χ2n) is 7.80. The van der Waals surface area contributed by atoms with Gasteiger partial charge in [-0.1, -0.05) is 12.1 Å². The lowest BCUT2D eigenvalue weighted by Gasteiger charge is -2.21. The van der Waals surface area contributed by atoms with Crippen molar-refractivity contribution in [3.63, 3.8) is 0 Å². The van der Waals surface area contributed by atoms with Crippen LogP contribution in [0.3, 0.4) is 0 Å². The number of anilines is 4. The normalized spacial score (nSPS) is 12.7. The molecule has 5 rings (SSSR count). The number of fused-ring (bicyclic) bond motifs is 2. The van der Waals surface area contributed by atoms with Gasteiger partial charge in [-0.05, 0) is 54.9 Å². The van der Waals surface area contributed by atoms with Crippen LogP contribution in [-0.2, 0) is 6.54 Å². The molecule has 0 radical (unpaired) electrons. The Morgan fingerprint density at radius 2 is 2.06 bits per heavy atom. The minimum atomic E-state index is 0.519. The molecule has 0 bridgehead atoms. The number of benzene rings is 2. The second kappa shape index (κ2) is 8.32. The molecular formula is C24H25N7O. The maximum Gasteiger partial charge on any atom is 0.237 e. The summed E-state index contributed by atoms with van der Waals surface area (Å²) >= 11 is 0. The van der Waals surface area contributed by atoms with Crippen molar-refractivity contribution >= 4 is 33.9 Å². The van der Waals surface area contributed by atoms with Gasteiger partial charge in [0.2, 0.25) is 11.8 Å². The molecule has 162 valence electrons. The highest BCUT2D eigenvalue weighted by molar-refractivity contribution is 5.95. The number of rotatable bonds is 5. The van der Waals surface area contributed by atoms with E-state index in [0.29, 0.717) is 24.1 Å². The van der Waals surface area contributed by atoms with Crippen molar-refractivity contribution in [1.82, 2.24) is 20.3 Å². The first kappa shape index (κ1) is 20.0. The molecule has 0 unspecified atom stereocenters. The zero-order chi connectivity index (χ0) is 22.1. The number of ether oxygens (including phenoxy) is 1. The van der Waals surface area contributed by atoms with Gasteiger partial charge in [-0.15, -0.1) is 0 Å². The maximum atomic E-state index is 6.37. The zero-order valence-corrected chi connectivity index (χ0v) is 18.1. The van der Waals surface area contributed by atoms with E-state index >= 15 is 0 Å². The van der Waals surface area contributed by atoms with Crippen molar-refractivity contribution in [3.05, 3.63) is 59.9 Å². The van der Waals surface area contributed by atoms with Crippen molar-refractivity contribution in [2.45, 2.75) is 13.5 Å². The van der Waals surface area contributed by atoms with E-state index in [-0.39, 0.29) is 0 Å². The van der Waals surface area contributed by atoms with Crippen LogP contribution in [0.4, 0.5) is 23.0 Å². The Hall–Kier alpha value is -3.91. The topological polar surface area (TPSA) is 110 Å². The van der Waals surface area contributed by atoms with Gasteiger partial charge in [0.05, 0.1) is 5.52 Å². The molecule has 0 atom stereocenters. The number of pyridine rings is 1. The molecule has 0 aliphatic carbocycles. The lowest BCUT2D eigenvalue weighted by atomic mass is 9.99. The molecule has 1 aliphatic heterocycles. The summed E-state index contributed by atoms with van der Waals surface area (Å²) in [5.41, 5.74) is 13.8. The summed E-state index contributed by atoms with van der Waals surface area (Å²) in [5, 5.41) is 10.7. The largest absolute Gasteiger partial charge is 0.474 e. The molecule has 5 N–H and O–H groups in total. The Bertz CT molecular complexity index is 1310. The van der Waals surface area contributed by atoms with Crippen molar-refractivity contribution < 1.29 is 4.74 Å². The third-order valence-electron chi connectivity index (χ3n) is 5.55. The minimum absolute atomic E-state index is 0.519. The van der Waals surface area contributed by atoms with Gasteiger partial charge in [0.25, 0.3) is 0 Å². The van der Waals surface area contributed by atoms with E-state index < -0.39 is 0 Å². The number of hydrogen-bond donors (Lipinski definition) is 4. The SMILES string of the molecule is CNCc1cccc(Nc2ncc3c(N)cc(-c4cnc5c(c4C)NCCO5)cc3n2)c1. The summed E-state index contributed by atoms with van der Waals surface area (Å²) in [6, 6.07) is 12.1. The summed E-state index contributed by atoms with van der Waals surface area (Å²) in [4.78, 5) is 13.7. The summed E-state index contributed by atoms with van der Waals surface area (Å²) in [7, 11) is 1.93. The van der Waals surface area contributed by atoms with Gasteiger partial charge in [-0.25, -0.2) is 15.0 Å². The molecule has 0 saturated heterocycles. The second-order valence-corrected chi connectivity index (χ2v) is 7.80. The fourth-order valence-corrected chi connectivity index (χ4v) is 3.98. The van der Waals surface area contributed by atoms with Crippen molar-refractivity contribution in [2.75, 3.05) is 36.6 Å². The summed E-state index contributed by atoms with van der Waals surface area (Å²) in [6.45, 7) is 4.23. The fraction of sp³-hybridized carbons (Fsp3) is 0.208. The van der Waals surface area contributed by atoms with Crippen LogP contribution in [-0.4, -0.2) is 35.2 Å². The van der Waals surface area contributed by atoms with E-state index in [4.69, 9.17) is 15.5 Å². The standard InChI is InChI=1S/C24H25N7O/c1-14-18(12-28-23-22(14)27-6-7-32-23)16-9-20(25)19-13-29-24(31-21(19)10-16)30-17-5-3-4-15(8-17)11-26-2/h3-5,8-10,12-13,26-27H,6-7,11,25H2,1-2H3,(H,29,30,31). The van der Waals surface area contributed by atoms with Crippen molar-refractivity contribution in [3.8, 4) is 17.0 Å². The zero-order valence-electron chi connectivity index (χ0n) is 18.1. The Balaban J connectivity index is 1.52. The lowest BCUT2D eigenvalue weighted by Crippen LogP contribution is -2.20. The molecular weight excluding hydrogens is 402 g/mol. The first-order valence-electron chi connectivity index (χ1n) is 10.6. The van der Waals surface area contributed by atoms with Crippen LogP contribution in [0, 0.1) is 6.92 Å². The fourth-order valence-electron chi connectivity index (χ4n) is 3.98. The molecule has 2 aromatic carbocycles. The molecule has 3 heterocycles. The Kier molecular flexibility index (Phi) is 5.20. The van der Waals surface area contributed by atoms with E-state index in [2.05, 4.69) is 45.0 Å². The van der Waals surface area contributed by atoms with Crippen LogP contribution >= 0.6 is 0 Å². The van der Waals surface area contributed by atoms with Crippen molar-refractivity contribution in [1.29, 1.82) is 0 Å². The number of nitrogens with two attached hydrogens (primary N) is 1. The smallest absolute Gasteiger partial charge is 0.237 e. The minimum Gasteiger partial charge on any atom is -0.474 e. The van der Waals surface area contributed by atoms with E-state index in [0.717, 1.165) is 52.1 Å². The molecule has 2 aromatic heterocycles. The summed E-state index contributed by atoms with van der Waals surface area (Å²) in [6.07, 6.45) is 3.59. The molecule has 4 aromatic rings. The average Bonchev–Trinajstić information content (AvgIpc) is 2.80. The van der Waals surface area contributed by atoms with E-state index in [1.807, 2.05) is 37.5 Å². The molecule has 0 fully saturated rings. The van der Waals surface area contributed by atoms with Crippen LogP contribution in [0.5, 0.6) is 5.88 Å². The Morgan fingerprint density at radius 1 is 1.16 bits per heavy atom. The number of aromatic nitrogens is 3. The molecule has 0 saturated carbocycles. The number of nitrogens with zero attached hydrogens (tertiary/aromatic N) is 3. The quantitative estimate of drug-likeness (QED) is 0.356. The average molecular weight is 428 g/mol. The van der Waals surface area contributed by atoms with Gasteiger partial charge in [-0.2, -0.15) is 0 Å². The Labute approximate surface area is 186 Å². The van der Waals surface area contributed by atoms with Crippen molar-refractivity contribution in [2.24, 2.45) is 0 Å². The maximum absolute atomic E-state index is 6.37. The van der Waals surface area contributed by atoms with Gasteiger partial charge in [0, 0.05) is 47.8 Å². The van der Waals surface area contributed by atoms with Crippen LogP contribution < -0.4 is 26.4 Å². The van der Waals surface area contributed by atoms with Gasteiger partial charge in [0.1, 0.15) is 12.3 Å². The molecule has 8 nitrogen and oxygen atoms in total. The molecule has 32 heavy (non-hydrogen) atoms. The predicted molar refractivity (Wildman–Crippen MR) is 128 cm³/mol. The van der Waals surface area contributed by atoms with Crippen LogP contribution in [0.1, 0.15) is 11.1 Å². The third kappa shape index (κ3) is 3.76. The monoisotopic (exact) mass is 427 g/mol. The van der Waals surface area contributed by atoms with Crippen LogP contribution in [0.15, 0.2) is 48.8 Å². The first-order chi connectivity index (χ1) is 15.6. The number of hydrogen-bond acceptors (Lipinski definition) is 8. The summed E-state index contributed by atoms with van der Waals surface area (Å²) < 4.78 is 5.65. The third-order valence-corrected chi connectivity index (χ3v) is 5.55. The van der Waals surface area contributed by atoms with Gasteiger partial charge < -0.3 is 26.4 Å². The van der Waals surface area contributed by atoms with E-state index in [1.165, 1.54) is 5.56 Å². The Morgan fingerprint density at radius 3 is 2.94 bits per heavy atom. The van der Waals surface area contributed by atoms with Gasteiger partial charge in [0.15, 0.2) is 0 Å². The lowest BCUT2D eigenvalue weighted by molar-refractivity contribution is 0.310. The molecule has 1 aliphatic rings. The van der Waals surface area contributed by atoms with Gasteiger partial charge in [-0.3, -0.25) is 0 Å². The van der Waals surface area contributed by atoms with Crippen LogP contribution in [0.2, 0.25) is 0 Å². The molecule has 0 spiro atoms. The predicted octanol–water partition coefficient (Wildman–Crippen LogP) is 3.85.